The molecule has 2 heteroatoms. The van der Waals surface area contributed by atoms with Gasteiger partial charge in [0.2, 0.25) is 0 Å². The Morgan fingerprint density at radius 2 is 1.08 bits per heavy atom. The van der Waals surface area contributed by atoms with Crippen molar-refractivity contribution in [3.8, 4) is 22.3 Å². The standard InChI is InChI=1S/C58H42N2/c1-5-14-42(15-6-1)51-22-13-23-55-50(34-35-52(58(51)55)43-16-7-2-8-17-43)46-30-29-44-36-40(26-28-45(44)38-46)24-25-41-27-32-53-54-33-31-49(39-57(54)59-56(53)37-41)60(47-18-9-3-10-19-47)48-20-11-4-12-21-48/h1-5,7-14,16-39,59H,6,15H2/b25-24+. The molecule has 1 heterocycles. The second-order valence-corrected chi connectivity index (χ2v) is 15.7. The molecule has 0 bridgehead atoms. The molecule has 0 unspecified atom stereocenters. The van der Waals surface area contributed by atoms with E-state index in [2.05, 4.69) is 234 Å². The van der Waals surface area contributed by atoms with E-state index >= 15 is 0 Å². The van der Waals surface area contributed by atoms with Crippen LogP contribution >= 0.6 is 0 Å². The fourth-order valence-corrected chi connectivity index (χ4v) is 9.10. The number of nitrogens with zero attached hydrogens (tertiary/aromatic N) is 1. The molecule has 11 rings (SSSR count). The molecule has 0 radical (unpaired) electrons. The van der Waals surface area contributed by atoms with Crippen LogP contribution in [-0.2, 0) is 0 Å². The summed E-state index contributed by atoms with van der Waals surface area (Å²) >= 11 is 0. The third-order valence-electron chi connectivity index (χ3n) is 12.0. The minimum atomic E-state index is 1.06. The van der Waals surface area contributed by atoms with Crippen LogP contribution in [0.4, 0.5) is 17.1 Å². The Kier molecular flexibility index (Phi) is 9.02. The molecule has 0 amide bonds. The van der Waals surface area contributed by atoms with Crippen molar-refractivity contribution in [3.63, 3.8) is 0 Å². The van der Waals surface area contributed by atoms with Gasteiger partial charge in [-0.1, -0.05) is 170 Å². The van der Waals surface area contributed by atoms with Gasteiger partial charge in [0, 0.05) is 38.9 Å². The molecule has 0 saturated heterocycles. The number of hydrogen-bond donors (Lipinski definition) is 1. The van der Waals surface area contributed by atoms with Gasteiger partial charge in [-0.2, -0.15) is 0 Å². The van der Waals surface area contributed by atoms with E-state index in [0.717, 1.165) is 46.5 Å². The summed E-state index contributed by atoms with van der Waals surface area (Å²) in [5.41, 5.74) is 15.7. The van der Waals surface area contributed by atoms with Gasteiger partial charge in [-0.15, -0.1) is 0 Å². The van der Waals surface area contributed by atoms with Gasteiger partial charge < -0.3 is 9.88 Å². The number of rotatable bonds is 8. The quantitative estimate of drug-likeness (QED) is 0.153. The maximum absolute atomic E-state index is 3.73. The van der Waals surface area contributed by atoms with Crippen LogP contribution in [0, 0.1) is 0 Å². The number of H-pyrrole nitrogens is 1. The molecule has 1 N–H and O–H groups in total. The first-order chi connectivity index (χ1) is 29.7. The third kappa shape index (κ3) is 6.59. The average Bonchev–Trinajstić information content (AvgIpc) is 3.68. The van der Waals surface area contributed by atoms with Crippen molar-refractivity contribution >= 4 is 78.1 Å². The van der Waals surface area contributed by atoms with Gasteiger partial charge in [-0.25, -0.2) is 0 Å². The predicted molar refractivity (Wildman–Crippen MR) is 258 cm³/mol. The maximum Gasteiger partial charge on any atom is 0.0485 e. The minimum absolute atomic E-state index is 1.06. The van der Waals surface area contributed by atoms with Gasteiger partial charge in [0.1, 0.15) is 0 Å². The highest BCUT2D eigenvalue weighted by molar-refractivity contribution is 6.11. The topological polar surface area (TPSA) is 19.0 Å². The van der Waals surface area contributed by atoms with Gasteiger partial charge in [-0.05, 0) is 134 Å². The first kappa shape index (κ1) is 35.5. The van der Waals surface area contributed by atoms with E-state index in [-0.39, 0.29) is 0 Å². The summed E-state index contributed by atoms with van der Waals surface area (Å²) in [6, 6.07) is 70.5. The zero-order valence-electron chi connectivity index (χ0n) is 33.2. The molecule has 0 saturated carbocycles. The van der Waals surface area contributed by atoms with Crippen LogP contribution in [0.5, 0.6) is 0 Å². The highest BCUT2D eigenvalue weighted by Crippen LogP contribution is 2.42. The second kappa shape index (κ2) is 15.2. The van der Waals surface area contributed by atoms with E-state index in [1.807, 2.05) is 0 Å². The largest absolute Gasteiger partial charge is 0.354 e. The molecular formula is C58H42N2. The van der Waals surface area contributed by atoms with Crippen LogP contribution in [0.25, 0.3) is 83.3 Å². The van der Waals surface area contributed by atoms with E-state index in [9.17, 15) is 0 Å². The molecule has 1 aliphatic carbocycles. The molecule has 9 aromatic carbocycles. The number of aromatic nitrogens is 1. The van der Waals surface area contributed by atoms with Crippen molar-refractivity contribution < 1.29 is 0 Å². The number of benzene rings is 9. The molecule has 0 fully saturated rings. The summed E-state index contributed by atoms with van der Waals surface area (Å²) in [5, 5.41) is 7.53. The lowest BCUT2D eigenvalue weighted by atomic mass is 9.85. The van der Waals surface area contributed by atoms with Crippen LogP contribution in [-0.4, -0.2) is 4.98 Å². The van der Waals surface area contributed by atoms with Gasteiger partial charge in [0.05, 0.1) is 0 Å². The second-order valence-electron chi connectivity index (χ2n) is 15.7. The summed E-state index contributed by atoms with van der Waals surface area (Å²) in [5.74, 6) is 0. The minimum Gasteiger partial charge on any atom is -0.354 e. The van der Waals surface area contributed by atoms with Crippen molar-refractivity contribution in [3.05, 3.63) is 229 Å². The van der Waals surface area contributed by atoms with Crippen LogP contribution in [0.15, 0.2) is 212 Å². The predicted octanol–water partition coefficient (Wildman–Crippen LogP) is 16.3. The fourth-order valence-electron chi connectivity index (χ4n) is 9.10. The van der Waals surface area contributed by atoms with Crippen molar-refractivity contribution in [2.24, 2.45) is 0 Å². The highest BCUT2D eigenvalue weighted by atomic mass is 15.1. The number of anilines is 3. The van der Waals surface area contributed by atoms with Gasteiger partial charge >= 0.3 is 0 Å². The van der Waals surface area contributed by atoms with E-state index in [1.54, 1.807) is 0 Å². The Bertz CT molecular complexity index is 3260. The first-order valence-electron chi connectivity index (χ1n) is 20.9. The van der Waals surface area contributed by atoms with Crippen molar-refractivity contribution in [2.75, 3.05) is 4.90 Å². The molecule has 1 aliphatic rings. The zero-order valence-corrected chi connectivity index (χ0v) is 33.2. The highest BCUT2D eigenvalue weighted by Gasteiger charge is 2.17. The van der Waals surface area contributed by atoms with Crippen LogP contribution in [0.3, 0.4) is 0 Å². The normalized spacial score (nSPS) is 12.8. The van der Waals surface area contributed by atoms with Crippen LogP contribution in [0.1, 0.15) is 29.5 Å². The molecule has 284 valence electrons. The van der Waals surface area contributed by atoms with Crippen molar-refractivity contribution in [2.45, 2.75) is 12.8 Å². The summed E-state index contributed by atoms with van der Waals surface area (Å²) in [6.07, 6.45) is 13.3. The summed E-state index contributed by atoms with van der Waals surface area (Å²) in [7, 11) is 0. The van der Waals surface area contributed by atoms with Crippen LogP contribution < -0.4 is 4.90 Å². The lowest BCUT2D eigenvalue weighted by Crippen LogP contribution is -2.09. The van der Waals surface area contributed by atoms with Gasteiger partial charge in [0.15, 0.2) is 0 Å². The first-order valence-corrected chi connectivity index (χ1v) is 20.9. The Labute approximate surface area is 350 Å². The van der Waals surface area contributed by atoms with Crippen LogP contribution in [0.2, 0.25) is 0 Å². The number of hydrogen-bond acceptors (Lipinski definition) is 1. The lowest BCUT2D eigenvalue weighted by molar-refractivity contribution is 1.06. The monoisotopic (exact) mass is 766 g/mol. The van der Waals surface area contributed by atoms with E-state index < -0.39 is 0 Å². The fraction of sp³-hybridized carbons (Fsp3) is 0.0345. The van der Waals surface area contributed by atoms with Crippen molar-refractivity contribution in [1.29, 1.82) is 0 Å². The van der Waals surface area contributed by atoms with E-state index in [0.29, 0.717) is 0 Å². The maximum atomic E-state index is 3.73. The summed E-state index contributed by atoms with van der Waals surface area (Å²) < 4.78 is 0. The van der Waals surface area contributed by atoms with E-state index in [4.69, 9.17) is 0 Å². The molecule has 10 aromatic rings. The Morgan fingerprint density at radius 3 is 1.83 bits per heavy atom. The van der Waals surface area contributed by atoms with E-state index in [1.165, 1.54) is 71.3 Å². The van der Waals surface area contributed by atoms with Gasteiger partial charge in [0.25, 0.3) is 0 Å². The molecule has 0 atom stereocenters. The Hall–Kier alpha value is -7.68. The molecular weight excluding hydrogens is 725 g/mol. The lowest BCUT2D eigenvalue weighted by Gasteiger charge is -2.25. The summed E-state index contributed by atoms with van der Waals surface area (Å²) in [6.45, 7) is 0. The summed E-state index contributed by atoms with van der Waals surface area (Å²) in [4.78, 5) is 6.04. The number of nitrogens with one attached hydrogen (secondary N) is 1. The Balaban J connectivity index is 0.897. The van der Waals surface area contributed by atoms with Crippen molar-refractivity contribution in [1.82, 2.24) is 4.98 Å². The molecule has 0 spiro atoms. The number of fused-ring (bicyclic) bond motifs is 5. The van der Waals surface area contributed by atoms with Gasteiger partial charge in [-0.3, -0.25) is 0 Å². The number of allylic oxidation sites excluding steroid dienone is 4. The molecule has 1 aromatic heterocycles. The number of para-hydroxylation sites is 2. The average molecular weight is 767 g/mol. The molecule has 2 nitrogen and oxygen atoms in total. The smallest absolute Gasteiger partial charge is 0.0485 e. The number of aromatic amines is 1. The molecule has 60 heavy (non-hydrogen) atoms. The zero-order chi connectivity index (χ0) is 39.8. The Morgan fingerprint density at radius 1 is 0.433 bits per heavy atom. The third-order valence-corrected chi connectivity index (χ3v) is 12.0. The molecule has 0 aliphatic heterocycles. The SMILES string of the molecule is C1=CCCC(c2cccc3c(-c4ccc5cc(/C=C/c6ccc7c(c6)[nH]c6cc(N(c8ccccc8)c8ccccc8)ccc67)ccc5c4)ccc(-c4ccccc4)c23)=C1.